The number of urea groups is 1. The molecule has 3 rings (SSSR count). The van der Waals surface area contributed by atoms with E-state index in [-0.39, 0.29) is 6.03 Å². The van der Waals surface area contributed by atoms with Gasteiger partial charge in [0.2, 0.25) is 5.89 Å². The fraction of sp³-hybridized carbons (Fsp3) is 0.238. The Bertz CT molecular complexity index is 927. The lowest BCUT2D eigenvalue weighted by Crippen LogP contribution is -2.28. The first kappa shape index (κ1) is 17.7. The summed E-state index contributed by atoms with van der Waals surface area (Å²) in [5.41, 5.74) is 5.74. The number of anilines is 1. The molecule has 0 spiro atoms. The molecular weight excluding hydrogens is 326 g/mol. The Balaban J connectivity index is 1.65. The molecule has 5 nitrogen and oxygen atoms in total. The van der Waals surface area contributed by atoms with Crippen LogP contribution < -0.4 is 10.6 Å². The first-order valence-corrected chi connectivity index (χ1v) is 8.58. The predicted octanol–water partition coefficient (Wildman–Crippen LogP) is 4.90. The van der Waals surface area contributed by atoms with Gasteiger partial charge in [0.05, 0.1) is 6.54 Å². The standard InChI is InChI=1S/C21H23N3O2/c1-13-6-9-17(10-7-13)20-23-19(16(4)26-20)12-22-21(25)24-18-11-14(2)5-8-15(18)3/h5-11H,12H2,1-4H3,(H2,22,24,25). The molecule has 1 heterocycles. The molecule has 0 fully saturated rings. The molecule has 134 valence electrons. The number of carbonyl (C=O) groups excluding carboxylic acids is 1. The van der Waals surface area contributed by atoms with Crippen molar-refractivity contribution in [2.45, 2.75) is 34.2 Å². The summed E-state index contributed by atoms with van der Waals surface area (Å²) < 4.78 is 5.74. The van der Waals surface area contributed by atoms with Crippen LogP contribution in [-0.4, -0.2) is 11.0 Å². The minimum Gasteiger partial charge on any atom is -0.441 e. The van der Waals surface area contributed by atoms with Gasteiger partial charge in [-0.3, -0.25) is 0 Å². The quantitative estimate of drug-likeness (QED) is 0.704. The number of nitrogens with one attached hydrogen (secondary N) is 2. The smallest absolute Gasteiger partial charge is 0.319 e. The zero-order valence-corrected chi connectivity index (χ0v) is 15.5. The van der Waals surface area contributed by atoms with E-state index < -0.39 is 0 Å². The molecular formula is C21H23N3O2. The lowest BCUT2D eigenvalue weighted by Gasteiger charge is -2.10. The van der Waals surface area contributed by atoms with Crippen molar-refractivity contribution in [3.8, 4) is 11.5 Å². The highest BCUT2D eigenvalue weighted by Crippen LogP contribution is 2.22. The summed E-state index contributed by atoms with van der Waals surface area (Å²) in [7, 11) is 0. The Kier molecular flexibility index (Phi) is 5.07. The minimum absolute atomic E-state index is 0.266. The van der Waals surface area contributed by atoms with Crippen LogP contribution in [0.25, 0.3) is 11.5 Å². The van der Waals surface area contributed by atoms with Gasteiger partial charge in [-0.2, -0.15) is 0 Å². The van der Waals surface area contributed by atoms with Crippen LogP contribution in [0.4, 0.5) is 10.5 Å². The lowest BCUT2D eigenvalue weighted by atomic mass is 10.1. The Hall–Kier alpha value is -3.08. The normalized spacial score (nSPS) is 10.6. The molecule has 26 heavy (non-hydrogen) atoms. The van der Waals surface area contributed by atoms with E-state index in [1.54, 1.807) is 0 Å². The first-order chi connectivity index (χ1) is 12.4. The number of oxazole rings is 1. The molecule has 0 saturated heterocycles. The zero-order valence-electron chi connectivity index (χ0n) is 15.5. The topological polar surface area (TPSA) is 67.2 Å². The molecule has 0 atom stereocenters. The van der Waals surface area contributed by atoms with Crippen molar-refractivity contribution < 1.29 is 9.21 Å². The molecule has 0 aliphatic carbocycles. The highest BCUT2D eigenvalue weighted by atomic mass is 16.4. The first-order valence-electron chi connectivity index (χ1n) is 8.58. The monoisotopic (exact) mass is 349 g/mol. The molecule has 3 aromatic rings. The third-order valence-electron chi connectivity index (χ3n) is 4.25. The molecule has 5 heteroatoms. The average Bonchev–Trinajstić information content (AvgIpc) is 2.98. The van der Waals surface area contributed by atoms with Gasteiger partial charge in [0.25, 0.3) is 0 Å². The van der Waals surface area contributed by atoms with Crippen molar-refractivity contribution in [1.29, 1.82) is 0 Å². The van der Waals surface area contributed by atoms with Crippen LogP contribution in [0.15, 0.2) is 46.9 Å². The van der Waals surface area contributed by atoms with E-state index in [1.807, 2.05) is 70.2 Å². The summed E-state index contributed by atoms with van der Waals surface area (Å²) in [6.07, 6.45) is 0. The molecule has 0 bridgehead atoms. The summed E-state index contributed by atoms with van der Waals surface area (Å²) in [6.45, 7) is 8.15. The average molecular weight is 349 g/mol. The summed E-state index contributed by atoms with van der Waals surface area (Å²) in [5, 5.41) is 5.71. The number of benzene rings is 2. The molecule has 1 aromatic heterocycles. The van der Waals surface area contributed by atoms with E-state index in [2.05, 4.69) is 15.6 Å². The maximum atomic E-state index is 12.2. The highest BCUT2D eigenvalue weighted by molar-refractivity contribution is 5.90. The van der Waals surface area contributed by atoms with E-state index in [9.17, 15) is 4.79 Å². The van der Waals surface area contributed by atoms with Crippen LogP contribution in [-0.2, 0) is 6.54 Å². The van der Waals surface area contributed by atoms with E-state index in [0.717, 1.165) is 28.1 Å². The van der Waals surface area contributed by atoms with Gasteiger partial charge in [-0.25, -0.2) is 9.78 Å². The number of nitrogens with zero attached hydrogens (tertiary/aromatic N) is 1. The maximum Gasteiger partial charge on any atom is 0.319 e. The maximum absolute atomic E-state index is 12.2. The van der Waals surface area contributed by atoms with Crippen molar-refractivity contribution in [1.82, 2.24) is 10.3 Å². The second kappa shape index (κ2) is 7.44. The molecule has 0 unspecified atom stereocenters. The van der Waals surface area contributed by atoms with Crippen molar-refractivity contribution in [2.75, 3.05) is 5.32 Å². The fourth-order valence-electron chi connectivity index (χ4n) is 2.61. The molecule has 2 aromatic carbocycles. The van der Waals surface area contributed by atoms with Gasteiger partial charge in [-0.1, -0.05) is 29.8 Å². The third kappa shape index (κ3) is 4.11. The van der Waals surface area contributed by atoms with Gasteiger partial charge >= 0.3 is 6.03 Å². The largest absolute Gasteiger partial charge is 0.441 e. The fourth-order valence-corrected chi connectivity index (χ4v) is 2.61. The zero-order chi connectivity index (χ0) is 18.7. The van der Waals surface area contributed by atoms with Gasteiger partial charge in [-0.05, 0) is 57.0 Å². The number of rotatable bonds is 4. The Morgan fingerprint density at radius 2 is 1.69 bits per heavy atom. The molecule has 2 N–H and O–H groups in total. The van der Waals surface area contributed by atoms with Crippen molar-refractivity contribution in [2.24, 2.45) is 0 Å². The van der Waals surface area contributed by atoms with Gasteiger partial charge in [-0.15, -0.1) is 0 Å². The number of amides is 2. The molecule has 0 saturated carbocycles. The summed E-state index contributed by atoms with van der Waals surface area (Å²) >= 11 is 0. The minimum atomic E-state index is -0.266. The molecule has 0 radical (unpaired) electrons. The Labute approximate surface area is 153 Å². The van der Waals surface area contributed by atoms with Crippen molar-refractivity contribution in [3.63, 3.8) is 0 Å². The van der Waals surface area contributed by atoms with E-state index >= 15 is 0 Å². The summed E-state index contributed by atoms with van der Waals surface area (Å²) in [6, 6.07) is 13.7. The van der Waals surface area contributed by atoms with Gasteiger partial charge in [0.15, 0.2) is 0 Å². The Morgan fingerprint density at radius 1 is 1.00 bits per heavy atom. The number of carbonyl (C=O) groups is 1. The summed E-state index contributed by atoms with van der Waals surface area (Å²) in [4.78, 5) is 16.7. The van der Waals surface area contributed by atoms with Gasteiger partial charge < -0.3 is 15.1 Å². The second-order valence-corrected chi connectivity index (χ2v) is 6.51. The second-order valence-electron chi connectivity index (χ2n) is 6.51. The van der Waals surface area contributed by atoms with Crippen LogP contribution in [0.5, 0.6) is 0 Å². The predicted molar refractivity (Wildman–Crippen MR) is 103 cm³/mol. The van der Waals surface area contributed by atoms with Crippen LogP contribution in [0.1, 0.15) is 28.1 Å². The van der Waals surface area contributed by atoms with Crippen molar-refractivity contribution in [3.05, 3.63) is 70.6 Å². The lowest BCUT2D eigenvalue weighted by molar-refractivity contribution is 0.251. The van der Waals surface area contributed by atoms with Crippen LogP contribution in [0.3, 0.4) is 0 Å². The van der Waals surface area contributed by atoms with Crippen LogP contribution >= 0.6 is 0 Å². The number of hydrogen-bond donors (Lipinski definition) is 2. The third-order valence-corrected chi connectivity index (χ3v) is 4.25. The van der Waals surface area contributed by atoms with Gasteiger partial charge in [0, 0.05) is 11.3 Å². The highest BCUT2D eigenvalue weighted by Gasteiger charge is 2.13. The molecule has 2 amide bonds. The molecule has 0 aliphatic heterocycles. The van der Waals surface area contributed by atoms with Crippen molar-refractivity contribution >= 4 is 11.7 Å². The van der Waals surface area contributed by atoms with Crippen LogP contribution in [0.2, 0.25) is 0 Å². The van der Waals surface area contributed by atoms with E-state index in [0.29, 0.717) is 18.2 Å². The Morgan fingerprint density at radius 3 is 2.42 bits per heavy atom. The SMILES string of the molecule is Cc1ccc(-c2nc(CNC(=O)Nc3cc(C)ccc3C)c(C)o2)cc1. The van der Waals surface area contributed by atoms with Gasteiger partial charge in [0.1, 0.15) is 11.5 Å². The summed E-state index contributed by atoms with van der Waals surface area (Å²) in [5.74, 6) is 1.27. The van der Waals surface area contributed by atoms with E-state index in [4.69, 9.17) is 4.42 Å². The number of aromatic nitrogens is 1. The molecule has 0 aliphatic rings. The number of hydrogen-bond acceptors (Lipinski definition) is 3. The van der Waals surface area contributed by atoms with E-state index in [1.165, 1.54) is 5.56 Å². The number of aryl methyl sites for hydroxylation is 4. The van der Waals surface area contributed by atoms with Crippen LogP contribution in [0, 0.1) is 27.7 Å².